The predicted octanol–water partition coefficient (Wildman–Crippen LogP) is 3.40. The molecule has 0 spiro atoms. The van der Waals surface area contributed by atoms with Crippen molar-refractivity contribution in [2.24, 2.45) is 0 Å². The first-order chi connectivity index (χ1) is 9.82. The molecule has 112 valence electrons. The first-order valence-electron chi connectivity index (χ1n) is 6.07. The molecule has 0 radical (unpaired) electrons. The van der Waals surface area contributed by atoms with Crippen molar-refractivity contribution < 1.29 is 8.42 Å². The van der Waals surface area contributed by atoms with Gasteiger partial charge in [-0.05, 0) is 29.8 Å². The van der Waals surface area contributed by atoms with Crippen LogP contribution in [0.4, 0.5) is 5.69 Å². The van der Waals surface area contributed by atoms with Crippen molar-refractivity contribution in [1.82, 2.24) is 4.31 Å². The lowest BCUT2D eigenvalue weighted by molar-refractivity contribution is 0.467. The van der Waals surface area contributed by atoms with Gasteiger partial charge in [-0.3, -0.25) is 0 Å². The lowest BCUT2D eigenvalue weighted by Crippen LogP contribution is -2.27. The predicted molar refractivity (Wildman–Crippen MR) is 86.0 cm³/mol. The van der Waals surface area contributed by atoms with Crippen molar-refractivity contribution in [3.8, 4) is 0 Å². The van der Waals surface area contributed by atoms with Gasteiger partial charge in [-0.15, -0.1) is 0 Å². The van der Waals surface area contributed by atoms with E-state index in [0.29, 0.717) is 5.02 Å². The van der Waals surface area contributed by atoms with E-state index < -0.39 is 10.0 Å². The van der Waals surface area contributed by atoms with E-state index in [0.717, 1.165) is 5.56 Å². The fourth-order valence-corrected chi connectivity index (χ4v) is 3.93. The van der Waals surface area contributed by atoms with Gasteiger partial charge >= 0.3 is 0 Å². The second kappa shape index (κ2) is 6.23. The zero-order chi connectivity index (χ0) is 15.6. The van der Waals surface area contributed by atoms with Crippen molar-refractivity contribution in [3.63, 3.8) is 0 Å². The Morgan fingerprint density at radius 1 is 1.14 bits per heavy atom. The maximum Gasteiger partial charge on any atom is 0.246 e. The Morgan fingerprint density at radius 2 is 1.81 bits per heavy atom. The van der Waals surface area contributed by atoms with E-state index in [1.807, 2.05) is 0 Å². The van der Waals surface area contributed by atoms with Crippen molar-refractivity contribution in [2.45, 2.75) is 11.4 Å². The molecule has 0 aliphatic heterocycles. The third-order valence-electron chi connectivity index (χ3n) is 2.96. The molecule has 2 aromatic carbocycles. The summed E-state index contributed by atoms with van der Waals surface area (Å²) in [6, 6.07) is 11.6. The van der Waals surface area contributed by atoms with Crippen LogP contribution in [0.3, 0.4) is 0 Å². The summed E-state index contributed by atoms with van der Waals surface area (Å²) in [4.78, 5) is -0.0730. The molecule has 0 aromatic heterocycles. The van der Waals surface area contributed by atoms with Crippen molar-refractivity contribution in [2.75, 3.05) is 12.8 Å². The normalized spacial score (nSPS) is 11.8. The summed E-state index contributed by atoms with van der Waals surface area (Å²) in [5.41, 5.74) is 6.65. The van der Waals surface area contributed by atoms with Gasteiger partial charge in [0.05, 0.1) is 10.7 Å². The van der Waals surface area contributed by atoms with E-state index in [2.05, 4.69) is 0 Å². The highest BCUT2D eigenvalue weighted by Crippen LogP contribution is 2.30. The lowest BCUT2D eigenvalue weighted by atomic mass is 10.2. The van der Waals surface area contributed by atoms with Crippen molar-refractivity contribution in [3.05, 3.63) is 58.1 Å². The molecule has 2 rings (SSSR count). The van der Waals surface area contributed by atoms with Gasteiger partial charge in [0.15, 0.2) is 0 Å². The van der Waals surface area contributed by atoms with Gasteiger partial charge < -0.3 is 5.73 Å². The minimum atomic E-state index is -3.78. The molecule has 0 unspecified atom stereocenters. The Hall–Kier alpha value is -1.27. The number of nitrogens with two attached hydrogens (primary N) is 1. The molecule has 7 heteroatoms. The molecule has 0 saturated heterocycles. The molecule has 0 atom stereocenters. The van der Waals surface area contributed by atoms with Crippen LogP contribution in [0.1, 0.15) is 5.56 Å². The highest BCUT2D eigenvalue weighted by molar-refractivity contribution is 7.89. The highest BCUT2D eigenvalue weighted by Gasteiger charge is 2.26. The standard InChI is InChI=1S/C14H14Cl2N2O2S/c1-18(9-10-4-2-5-11(15)8-10)21(19,20)14-12(16)6-3-7-13(14)17/h2-8H,9,17H2,1H3. The number of hydrogen-bond donors (Lipinski definition) is 1. The summed E-state index contributed by atoms with van der Waals surface area (Å²) in [6.07, 6.45) is 0. The number of rotatable bonds is 4. The summed E-state index contributed by atoms with van der Waals surface area (Å²) in [5, 5.41) is 0.656. The Balaban J connectivity index is 2.35. The number of sulfonamides is 1. The summed E-state index contributed by atoms with van der Waals surface area (Å²) in [5.74, 6) is 0. The molecule has 2 N–H and O–H groups in total. The van der Waals surface area contributed by atoms with Gasteiger partial charge in [-0.25, -0.2) is 8.42 Å². The van der Waals surface area contributed by atoms with Gasteiger partial charge in [0.25, 0.3) is 0 Å². The third-order valence-corrected chi connectivity index (χ3v) is 5.54. The lowest BCUT2D eigenvalue weighted by Gasteiger charge is -2.19. The minimum Gasteiger partial charge on any atom is -0.398 e. The Bertz CT molecular complexity index is 743. The van der Waals surface area contributed by atoms with Gasteiger partial charge in [0.2, 0.25) is 10.0 Å². The number of nitrogen functional groups attached to an aromatic ring is 1. The molecule has 0 bridgehead atoms. The second-order valence-electron chi connectivity index (χ2n) is 4.55. The highest BCUT2D eigenvalue weighted by atomic mass is 35.5. The first-order valence-corrected chi connectivity index (χ1v) is 8.27. The van der Waals surface area contributed by atoms with Gasteiger partial charge in [-0.1, -0.05) is 41.4 Å². The van der Waals surface area contributed by atoms with E-state index >= 15 is 0 Å². The summed E-state index contributed by atoms with van der Waals surface area (Å²) < 4.78 is 26.4. The van der Waals surface area contributed by atoms with Crippen LogP contribution in [0, 0.1) is 0 Å². The largest absolute Gasteiger partial charge is 0.398 e. The van der Waals surface area contributed by atoms with Crippen LogP contribution in [0.15, 0.2) is 47.4 Å². The van der Waals surface area contributed by atoms with Crippen molar-refractivity contribution in [1.29, 1.82) is 0 Å². The summed E-state index contributed by atoms with van der Waals surface area (Å²) in [6.45, 7) is 0.174. The van der Waals surface area contributed by atoms with Crippen LogP contribution in [0.25, 0.3) is 0 Å². The molecule has 4 nitrogen and oxygen atoms in total. The number of halogens is 2. The minimum absolute atomic E-state index is 0.0730. The summed E-state index contributed by atoms with van der Waals surface area (Å²) >= 11 is 11.9. The molecule has 0 fully saturated rings. The molecule has 0 amide bonds. The quantitative estimate of drug-likeness (QED) is 0.864. The maximum atomic E-state index is 12.6. The number of nitrogens with zero attached hydrogens (tertiary/aromatic N) is 1. The second-order valence-corrected chi connectivity index (χ2v) is 7.37. The van der Waals surface area contributed by atoms with E-state index in [4.69, 9.17) is 28.9 Å². The molecular formula is C14H14Cl2N2O2S. The SMILES string of the molecule is CN(Cc1cccc(Cl)c1)S(=O)(=O)c1c(N)cccc1Cl. The number of benzene rings is 2. The van der Waals surface area contributed by atoms with Crippen LogP contribution >= 0.6 is 23.2 Å². The molecule has 21 heavy (non-hydrogen) atoms. The van der Waals surface area contributed by atoms with E-state index in [1.54, 1.807) is 30.3 Å². The van der Waals surface area contributed by atoms with Crippen LogP contribution in [-0.4, -0.2) is 19.8 Å². The zero-order valence-electron chi connectivity index (χ0n) is 11.3. The van der Waals surface area contributed by atoms with Gasteiger partial charge in [0, 0.05) is 18.6 Å². The van der Waals surface area contributed by atoms with Crippen LogP contribution in [0.5, 0.6) is 0 Å². The third kappa shape index (κ3) is 3.49. The fraction of sp³-hybridized carbons (Fsp3) is 0.143. The van der Waals surface area contributed by atoms with E-state index in [9.17, 15) is 8.42 Å². The van der Waals surface area contributed by atoms with Crippen LogP contribution in [-0.2, 0) is 16.6 Å². The first kappa shape index (κ1) is 16.1. The Morgan fingerprint density at radius 3 is 2.43 bits per heavy atom. The smallest absolute Gasteiger partial charge is 0.246 e. The topological polar surface area (TPSA) is 63.4 Å². The molecule has 0 heterocycles. The number of hydrogen-bond acceptors (Lipinski definition) is 3. The molecule has 0 saturated carbocycles. The molecular weight excluding hydrogens is 331 g/mol. The van der Waals surface area contributed by atoms with Crippen molar-refractivity contribution >= 4 is 38.9 Å². The average Bonchev–Trinajstić information content (AvgIpc) is 2.38. The monoisotopic (exact) mass is 344 g/mol. The zero-order valence-corrected chi connectivity index (χ0v) is 13.6. The Labute approximate surface area is 134 Å². The molecule has 0 aliphatic rings. The molecule has 0 aliphatic carbocycles. The summed E-state index contributed by atoms with van der Waals surface area (Å²) in [7, 11) is -2.31. The van der Waals surface area contributed by atoms with Gasteiger partial charge in [-0.2, -0.15) is 4.31 Å². The van der Waals surface area contributed by atoms with E-state index in [1.165, 1.54) is 23.5 Å². The van der Waals surface area contributed by atoms with Crippen LogP contribution in [0.2, 0.25) is 10.0 Å². The number of anilines is 1. The Kier molecular flexibility index (Phi) is 4.78. The fourth-order valence-electron chi connectivity index (χ4n) is 1.93. The average molecular weight is 345 g/mol. The molecule has 2 aromatic rings. The maximum absolute atomic E-state index is 12.6. The van der Waals surface area contributed by atoms with Gasteiger partial charge in [0.1, 0.15) is 4.90 Å². The van der Waals surface area contributed by atoms with Crippen LogP contribution < -0.4 is 5.73 Å². The van der Waals surface area contributed by atoms with E-state index in [-0.39, 0.29) is 22.2 Å².